The quantitative estimate of drug-likeness (QED) is 0.596. The predicted octanol–water partition coefficient (Wildman–Crippen LogP) is -0.0509. The maximum atomic E-state index is 11.4. The first-order chi connectivity index (χ1) is 8.04. The van der Waals surface area contributed by atoms with E-state index in [4.69, 9.17) is 10.5 Å². The molecule has 1 aliphatic rings. The molecule has 1 atom stereocenters. The van der Waals surface area contributed by atoms with Crippen molar-refractivity contribution in [2.45, 2.75) is 44.8 Å². The summed E-state index contributed by atoms with van der Waals surface area (Å²) in [5.74, 6) is -0.264. The van der Waals surface area contributed by atoms with Gasteiger partial charge in [-0.2, -0.15) is 0 Å². The van der Waals surface area contributed by atoms with E-state index in [2.05, 4.69) is 24.1 Å². The normalized spacial score (nSPS) is 17.7. The number of carbonyl (C=O) groups is 1. The SMILES string of the molecule is COCCN(CC(NC1CC1)C(N)=O)C(C)C. The summed E-state index contributed by atoms with van der Waals surface area (Å²) in [6.07, 6.45) is 2.31. The molecule has 1 fully saturated rings. The smallest absolute Gasteiger partial charge is 0.235 e. The van der Waals surface area contributed by atoms with Crippen molar-refractivity contribution in [2.24, 2.45) is 5.73 Å². The number of primary amides is 1. The zero-order chi connectivity index (χ0) is 12.8. The third kappa shape index (κ3) is 5.48. The van der Waals surface area contributed by atoms with Crippen molar-refractivity contribution in [2.75, 3.05) is 26.8 Å². The summed E-state index contributed by atoms with van der Waals surface area (Å²) in [6.45, 7) is 6.39. The van der Waals surface area contributed by atoms with E-state index < -0.39 is 0 Å². The Morgan fingerprint density at radius 3 is 2.59 bits per heavy atom. The summed E-state index contributed by atoms with van der Waals surface area (Å²) in [7, 11) is 1.69. The van der Waals surface area contributed by atoms with Gasteiger partial charge in [0.05, 0.1) is 12.6 Å². The Balaban J connectivity index is 2.44. The predicted molar refractivity (Wildman–Crippen MR) is 67.7 cm³/mol. The highest BCUT2D eigenvalue weighted by molar-refractivity contribution is 5.80. The highest BCUT2D eigenvalue weighted by Crippen LogP contribution is 2.19. The van der Waals surface area contributed by atoms with E-state index in [1.807, 2.05) is 0 Å². The molecule has 3 N–H and O–H groups in total. The van der Waals surface area contributed by atoms with Crippen LogP contribution in [-0.4, -0.2) is 55.7 Å². The summed E-state index contributed by atoms with van der Waals surface area (Å²) in [6, 6.07) is 0.624. The molecule has 1 amide bonds. The average molecular weight is 243 g/mol. The van der Waals surface area contributed by atoms with Gasteiger partial charge in [0.1, 0.15) is 0 Å². The van der Waals surface area contributed by atoms with Gasteiger partial charge in [0, 0.05) is 32.3 Å². The van der Waals surface area contributed by atoms with Crippen LogP contribution in [-0.2, 0) is 9.53 Å². The molecule has 1 unspecified atom stereocenters. The fourth-order valence-electron chi connectivity index (χ4n) is 1.76. The third-order valence-corrected chi connectivity index (χ3v) is 3.09. The number of methoxy groups -OCH3 is 1. The molecule has 5 nitrogen and oxygen atoms in total. The molecule has 0 aliphatic heterocycles. The van der Waals surface area contributed by atoms with Crippen LogP contribution < -0.4 is 11.1 Å². The molecular formula is C12H25N3O2. The minimum Gasteiger partial charge on any atom is -0.383 e. The fourth-order valence-corrected chi connectivity index (χ4v) is 1.76. The Kier molecular flexibility index (Phi) is 5.88. The number of nitrogens with zero attached hydrogens (tertiary/aromatic N) is 1. The number of amides is 1. The molecule has 0 heterocycles. The largest absolute Gasteiger partial charge is 0.383 e. The second-order valence-electron chi connectivity index (χ2n) is 4.98. The van der Waals surface area contributed by atoms with Crippen LogP contribution >= 0.6 is 0 Å². The summed E-state index contributed by atoms with van der Waals surface area (Å²) in [5, 5.41) is 3.30. The summed E-state index contributed by atoms with van der Waals surface area (Å²) >= 11 is 0. The maximum absolute atomic E-state index is 11.4. The lowest BCUT2D eigenvalue weighted by molar-refractivity contribution is -0.120. The second kappa shape index (κ2) is 6.93. The first-order valence-corrected chi connectivity index (χ1v) is 6.33. The monoisotopic (exact) mass is 243 g/mol. The zero-order valence-corrected chi connectivity index (χ0v) is 11.1. The standard InChI is InChI=1S/C12H25N3O2/c1-9(2)15(6-7-17-3)8-11(12(13)16)14-10-4-5-10/h9-11,14H,4-8H2,1-3H3,(H2,13,16). The number of carbonyl (C=O) groups excluding carboxylic acids is 1. The van der Waals surface area contributed by atoms with E-state index in [1.165, 1.54) is 0 Å². The van der Waals surface area contributed by atoms with E-state index in [-0.39, 0.29) is 11.9 Å². The molecule has 0 aromatic carbocycles. The lowest BCUT2D eigenvalue weighted by Crippen LogP contribution is -2.51. The van der Waals surface area contributed by atoms with Gasteiger partial charge in [-0.15, -0.1) is 0 Å². The van der Waals surface area contributed by atoms with E-state index in [1.54, 1.807) is 7.11 Å². The van der Waals surface area contributed by atoms with Gasteiger partial charge in [-0.1, -0.05) is 0 Å². The van der Waals surface area contributed by atoms with Gasteiger partial charge in [0.15, 0.2) is 0 Å². The van der Waals surface area contributed by atoms with Crippen LogP contribution in [0.5, 0.6) is 0 Å². The van der Waals surface area contributed by atoms with Gasteiger partial charge >= 0.3 is 0 Å². The number of nitrogens with two attached hydrogens (primary N) is 1. The first kappa shape index (κ1) is 14.4. The van der Waals surface area contributed by atoms with Crippen LogP contribution in [0.1, 0.15) is 26.7 Å². The Hall–Kier alpha value is -0.650. The average Bonchev–Trinajstić information content (AvgIpc) is 3.05. The lowest BCUT2D eigenvalue weighted by atomic mass is 10.2. The molecule has 0 saturated heterocycles. The molecule has 0 bridgehead atoms. The molecule has 0 spiro atoms. The fraction of sp³-hybridized carbons (Fsp3) is 0.917. The number of ether oxygens (including phenoxy) is 1. The van der Waals surface area contributed by atoms with E-state index in [0.29, 0.717) is 25.2 Å². The van der Waals surface area contributed by atoms with Crippen molar-refractivity contribution in [1.82, 2.24) is 10.2 Å². The van der Waals surface area contributed by atoms with E-state index in [9.17, 15) is 4.79 Å². The molecule has 17 heavy (non-hydrogen) atoms. The summed E-state index contributed by atoms with van der Waals surface area (Å²) < 4.78 is 5.08. The van der Waals surface area contributed by atoms with Gasteiger partial charge in [-0.25, -0.2) is 0 Å². The van der Waals surface area contributed by atoms with E-state index in [0.717, 1.165) is 19.4 Å². The van der Waals surface area contributed by atoms with E-state index >= 15 is 0 Å². The van der Waals surface area contributed by atoms with Crippen LogP contribution in [0.25, 0.3) is 0 Å². The molecule has 0 aromatic heterocycles. The highest BCUT2D eigenvalue weighted by atomic mass is 16.5. The Bertz CT molecular complexity index is 242. The molecule has 1 aliphatic carbocycles. The van der Waals surface area contributed by atoms with Crippen molar-refractivity contribution in [3.8, 4) is 0 Å². The van der Waals surface area contributed by atoms with Gasteiger partial charge in [0.2, 0.25) is 5.91 Å². The minimum atomic E-state index is -0.264. The second-order valence-corrected chi connectivity index (χ2v) is 4.98. The molecule has 0 aromatic rings. The maximum Gasteiger partial charge on any atom is 0.235 e. The van der Waals surface area contributed by atoms with Crippen LogP contribution in [0, 0.1) is 0 Å². The Morgan fingerprint density at radius 2 is 2.18 bits per heavy atom. The van der Waals surface area contributed by atoms with Crippen molar-refractivity contribution in [3.05, 3.63) is 0 Å². The van der Waals surface area contributed by atoms with Crippen molar-refractivity contribution >= 4 is 5.91 Å². The van der Waals surface area contributed by atoms with Gasteiger partial charge in [-0.05, 0) is 26.7 Å². The number of rotatable bonds is 9. The first-order valence-electron chi connectivity index (χ1n) is 6.33. The van der Waals surface area contributed by atoms with Gasteiger partial charge in [0.25, 0.3) is 0 Å². The van der Waals surface area contributed by atoms with Gasteiger partial charge < -0.3 is 15.8 Å². The van der Waals surface area contributed by atoms with Crippen LogP contribution in [0.2, 0.25) is 0 Å². The molecule has 5 heteroatoms. The molecule has 100 valence electrons. The van der Waals surface area contributed by atoms with Crippen molar-refractivity contribution in [3.63, 3.8) is 0 Å². The van der Waals surface area contributed by atoms with Crippen LogP contribution in [0.4, 0.5) is 0 Å². The molecule has 1 rings (SSSR count). The van der Waals surface area contributed by atoms with Crippen molar-refractivity contribution in [1.29, 1.82) is 0 Å². The third-order valence-electron chi connectivity index (χ3n) is 3.09. The molecule has 0 radical (unpaired) electrons. The Labute approximate surface area is 104 Å². The van der Waals surface area contributed by atoms with Crippen LogP contribution in [0.15, 0.2) is 0 Å². The van der Waals surface area contributed by atoms with Crippen molar-refractivity contribution < 1.29 is 9.53 Å². The topological polar surface area (TPSA) is 67.6 Å². The number of nitrogens with one attached hydrogen (secondary N) is 1. The summed E-state index contributed by atoms with van der Waals surface area (Å²) in [4.78, 5) is 13.6. The highest BCUT2D eigenvalue weighted by Gasteiger charge is 2.28. The Morgan fingerprint density at radius 1 is 1.53 bits per heavy atom. The van der Waals surface area contributed by atoms with Crippen LogP contribution in [0.3, 0.4) is 0 Å². The molecule has 1 saturated carbocycles. The summed E-state index contributed by atoms with van der Waals surface area (Å²) in [5.41, 5.74) is 5.43. The molecular weight excluding hydrogens is 218 g/mol. The number of hydrogen-bond donors (Lipinski definition) is 2. The minimum absolute atomic E-state index is 0.248. The van der Waals surface area contributed by atoms with Gasteiger partial charge in [-0.3, -0.25) is 9.69 Å². The zero-order valence-electron chi connectivity index (χ0n) is 11.1. The lowest BCUT2D eigenvalue weighted by Gasteiger charge is -2.29. The number of hydrogen-bond acceptors (Lipinski definition) is 4.